The highest BCUT2D eigenvalue weighted by Gasteiger charge is 2.10. The second kappa shape index (κ2) is 8.03. The number of hydrogen-bond acceptors (Lipinski definition) is 2. The van der Waals surface area contributed by atoms with Crippen molar-refractivity contribution in [3.63, 3.8) is 0 Å². The number of nitrogens with one attached hydrogen (secondary N) is 2. The highest BCUT2D eigenvalue weighted by atomic mass is 32.1. The van der Waals surface area contributed by atoms with E-state index in [9.17, 15) is 4.79 Å². The lowest BCUT2D eigenvalue weighted by Gasteiger charge is -2.15. The van der Waals surface area contributed by atoms with Crippen LogP contribution in [0.25, 0.3) is 0 Å². The maximum atomic E-state index is 12.0. The van der Waals surface area contributed by atoms with E-state index in [-0.39, 0.29) is 5.91 Å². The Kier molecular flexibility index (Phi) is 6.65. The summed E-state index contributed by atoms with van der Waals surface area (Å²) in [7, 11) is 0. The Bertz CT molecular complexity index is 428. The van der Waals surface area contributed by atoms with E-state index < -0.39 is 0 Å². The molecule has 0 aliphatic heterocycles. The fourth-order valence-corrected chi connectivity index (χ4v) is 2.10. The first-order valence-corrected chi connectivity index (χ1v) is 7.05. The number of unbranched alkanes of at least 4 members (excludes halogenated alkanes) is 1. The molecule has 1 amide bonds. The zero-order valence-electron chi connectivity index (χ0n) is 11.2. The van der Waals surface area contributed by atoms with E-state index in [1.54, 1.807) is 18.3 Å². The van der Waals surface area contributed by atoms with Gasteiger partial charge in [0.1, 0.15) is 4.64 Å². The second-order valence-electron chi connectivity index (χ2n) is 4.54. The summed E-state index contributed by atoms with van der Waals surface area (Å²) in [6, 6.07) is 3.54. The van der Waals surface area contributed by atoms with Crippen molar-refractivity contribution < 1.29 is 4.79 Å². The molecular weight excluding hydrogens is 244 g/mol. The molecule has 3 nitrogen and oxygen atoms in total. The molecule has 0 aliphatic carbocycles. The van der Waals surface area contributed by atoms with Crippen molar-refractivity contribution in [1.29, 1.82) is 0 Å². The third-order valence-electron chi connectivity index (χ3n) is 3.16. The summed E-state index contributed by atoms with van der Waals surface area (Å²) >= 11 is 5.09. The number of carbonyl (C=O) groups excluding carboxylic acids is 1. The van der Waals surface area contributed by atoms with E-state index in [2.05, 4.69) is 24.1 Å². The van der Waals surface area contributed by atoms with Crippen molar-refractivity contribution >= 4 is 18.1 Å². The Labute approximate surface area is 114 Å². The van der Waals surface area contributed by atoms with Gasteiger partial charge in [0.25, 0.3) is 5.91 Å². The van der Waals surface area contributed by atoms with E-state index >= 15 is 0 Å². The molecule has 2 N–H and O–H groups in total. The minimum Gasteiger partial charge on any atom is -0.352 e. The van der Waals surface area contributed by atoms with Gasteiger partial charge in [-0.05, 0) is 24.5 Å². The summed E-state index contributed by atoms with van der Waals surface area (Å²) in [5.41, 5.74) is 0.554. The zero-order valence-corrected chi connectivity index (χ0v) is 12.0. The molecule has 4 heteroatoms. The Morgan fingerprint density at radius 2 is 2.28 bits per heavy atom. The van der Waals surface area contributed by atoms with Gasteiger partial charge in [0.15, 0.2) is 0 Å². The maximum Gasteiger partial charge on any atom is 0.254 e. The van der Waals surface area contributed by atoms with Crippen LogP contribution in [0.2, 0.25) is 0 Å². The van der Waals surface area contributed by atoms with E-state index in [1.165, 1.54) is 19.3 Å². The highest BCUT2D eigenvalue weighted by Crippen LogP contribution is 2.11. The molecule has 0 aliphatic rings. The van der Waals surface area contributed by atoms with E-state index in [4.69, 9.17) is 12.2 Å². The molecule has 1 atom stereocenters. The van der Waals surface area contributed by atoms with Crippen LogP contribution in [0, 0.1) is 10.6 Å². The van der Waals surface area contributed by atoms with Gasteiger partial charge in [0, 0.05) is 12.7 Å². The van der Waals surface area contributed by atoms with Gasteiger partial charge in [-0.1, -0.05) is 45.3 Å². The predicted octanol–water partition coefficient (Wildman–Crippen LogP) is 3.69. The average molecular weight is 266 g/mol. The minimum absolute atomic E-state index is 0.0770. The molecule has 0 saturated carbocycles. The molecule has 1 heterocycles. The van der Waals surface area contributed by atoms with Crippen LogP contribution >= 0.6 is 12.2 Å². The average Bonchev–Trinajstić information content (AvgIpc) is 2.39. The number of aromatic amines is 1. The van der Waals surface area contributed by atoms with Gasteiger partial charge in [-0.15, -0.1) is 0 Å². The molecule has 0 saturated heterocycles. The van der Waals surface area contributed by atoms with Gasteiger partial charge in [0.05, 0.1) is 5.56 Å². The second-order valence-corrected chi connectivity index (χ2v) is 4.95. The fraction of sp³-hybridized carbons (Fsp3) is 0.571. The lowest BCUT2D eigenvalue weighted by molar-refractivity contribution is 0.0945. The van der Waals surface area contributed by atoms with Crippen molar-refractivity contribution in [2.75, 3.05) is 6.54 Å². The van der Waals surface area contributed by atoms with Crippen molar-refractivity contribution in [2.24, 2.45) is 5.92 Å². The number of H-pyrrole nitrogens is 1. The third kappa shape index (κ3) is 4.61. The third-order valence-corrected chi connectivity index (χ3v) is 3.50. The van der Waals surface area contributed by atoms with Crippen molar-refractivity contribution in [3.8, 4) is 0 Å². The minimum atomic E-state index is -0.0770. The lowest BCUT2D eigenvalue weighted by Crippen LogP contribution is -2.29. The Balaban J connectivity index is 2.50. The molecular formula is C14H22N2OS. The molecule has 1 aromatic rings. The van der Waals surface area contributed by atoms with Gasteiger partial charge in [-0.3, -0.25) is 4.79 Å². The fourth-order valence-electron chi connectivity index (χ4n) is 1.88. The number of rotatable bonds is 7. The molecule has 0 unspecified atom stereocenters. The summed E-state index contributed by atoms with van der Waals surface area (Å²) in [5, 5.41) is 2.97. The number of hydrogen-bond donors (Lipinski definition) is 2. The molecule has 1 rings (SSSR count). The zero-order chi connectivity index (χ0) is 13.4. The van der Waals surface area contributed by atoms with Gasteiger partial charge >= 0.3 is 0 Å². The number of pyridine rings is 1. The predicted molar refractivity (Wildman–Crippen MR) is 77.3 cm³/mol. The molecule has 0 fully saturated rings. The normalized spacial score (nSPS) is 12.1. The molecule has 18 heavy (non-hydrogen) atoms. The standard InChI is InChI=1S/C14H22N2OS/c1-3-5-7-11(4-2)10-16-13(17)12-8-6-9-15-14(12)18/h6,8-9,11H,3-5,7,10H2,1-2H3,(H,15,18)(H,16,17)/t11-/m1/s1. The van der Waals surface area contributed by atoms with E-state index in [0.717, 1.165) is 13.0 Å². The van der Waals surface area contributed by atoms with E-state index in [0.29, 0.717) is 16.1 Å². The molecule has 100 valence electrons. The van der Waals surface area contributed by atoms with Crippen LogP contribution in [-0.2, 0) is 0 Å². The molecule has 0 aromatic carbocycles. The van der Waals surface area contributed by atoms with Crippen LogP contribution in [-0.4, -0.2) is 17.4 Å². The SMILES string of the molecule is CCCC[C@@H](CC)CNC(=O)c1ccc[nH]c1=S. The first-order valence-electron chi connectivity index (χ1n) is 6.64. The van der Waals surface area contributed by atoms with Gasteiger partial charge in [0.2, 0.25) is 0 Å². The van der Waals surface area contributed by atoms with Crippen molar-refractivity contribution in [1.82, 2.24) is 10.3 Å². The van der Waals surface area contributed by atoms with Crippen LogP contribution < -0.4 is 5.32 Å². The summed E-state index contributed by atoms with van der Waals surface area (Å²) < 4.78 is 0.497. The van der Waals surface area contributed by atoms with Gasteiger partial charge in [-0.2, -0.15) is 0 Å². The largest absolute Gasteiger partial charge is 0.352 e. The van der Waals surface area contributed by atoms with Gasteiger partial charge < -0.3 is 10.3 Å². The maximum absolute atomic E-state index is 12.0. The highest BCUT2D eigenvalue weighted by molar-refractivity contribution is 7.71. The summed E-state index contributed by atoms with van der Waals surface area (Å²) in [5.74, 6) is 0.488. The molecule has 1 aromatic heterocycles. The van der Waals surface area contributed by atoms with E-state index in [1.807, 2.05) is 0 Å². The van der Waals surface area contributed by atoms with Gasteiger partial charge in [-0.25, -0.2) is 0 Å². The number of carbonyl (C=O) groups is 1. The topological polar surface area (TPSA) is 44.9 Å². The first kappa shape index (κ1) is 14.9. The monoisotopic (exact) mass is 266 g/mol. The number of amides is 1. The number of aromatic nitrogens is 1. The quantitative estimate of drug-likeness (QED) is 0.739. The summed E-state index contributed by atoms with van der Waals surface area (Å²) in [6.45, 7) is 5.09. The summed E-state index contributed by atoms with van der Waals surface area (Å²) in [6.07, 6.45) is 6.43. The molecule has 0 spiro atoms. The van der Waals surface area contributed by atoms with Crippen molar-refractivity contribution in [3.05, 3.63) is 28.5 Å². The Morgan fingerprint density at radius 3 is 2.89 bits per heavy atom. The molecule has 0 bridgehead atoms. The molecule has 0 radical (unpaired) electrons. The lowest BCUT2D eigenvalue weighted by atomic mass is 9.99. The van der Waals surface area contributed by atoms with Crippen LogP contribution in [0.5, 0.6) is 0 Å². The Morgan fingerprint density at radius 1 is 1.50 bits per heavy atom. The smallest absolute Gasteiger partial charge is 0.254 e. The van der Waals surface area contributed by atoms with Crippen LogP contribution in [0.3, 0.4) is 0 Å². The Hall–Kier alpha value is -1.16. The van der Waals surface area contributed by atoms with Crippen LogP contribution in [0.4, 0.5) is 0 Å². The van der Waals surface area contributed by atoms with Crippen LogP contribution in [0.15, 0.2) is 18.3 Å². The summed E-state index contributed by atoms with van der Waals surface area (Å²) in [4.78, 5) is 14.8. The first-order chi connectivity index (χ1) is 8.69. The van der Waals surface area contributed by atoms with Crippen LogP contribution in [0.1, 0.15) is 49.9 Å². The van der Waals surface area contributed by atoms with Crippen molar-refractivity contribution in [2.45, 2.75) is 39.5 Å².